The quantitative estimate of drug-likeness (QED) is 0.840. The van der Waals surface area contributed by atoms with E-state index < -0.39 is 9.92 Å². The second kappa shape index (κ2) is 4.53. The van der Waals surface area contributed by atoms with E-state index >= 15 is 0 Å². The van der Waals surface area contributed by atoms with Gasteiger partial charge >= 0.3 is 0 Å². The molecule has 0 spiro atoms. The van der Waals surface area contributed by atoms with Gasteiger partial charge in [0.1, 0.15) is 9.92 Å². The lowest BCUT2D eigenvalue weighted by atomic mass is 10.2. The minimum Gasteiger partial charge on any atom is -0.299 e. The molecule has 0 bridgehead atoms. The smallest absolute Gasteiger partial charge is 0.132 e. The van der Waals surface area contributed by atoms with Crippen molar-refractivity contribution in [1.82, 2.24) is 4.90 Å². The van der Waals surface area contributed by atoms with Gasteiger partial charge in [0.2, 0.25) is 0 Å². The van der Waals surface area contributed by atoms with Crippen molar-refractivity contribution in [3.05, 3.63) is 29.8 Å². The third-order valence-corrected chi connectivity index (χ3v) is 3.85. The minimum atomic E-state index is -3.06. The van der Waals surface area contributed by atoms with Gasteiger partial charge in [0.05, 0.1) is 4.90 Å². The maximum absolute atomic E-state index is 11.3. The van der Waals surface area contributed by atoms with Crippen LogP contribution in [0, 0.1) is 4.78 Å². The summed E-state index contributed by atoms with van der Waals surface area (Å²) in [5, 5.41) is 5.25. The third kappa shape index (κ3) is 2.81. The highest BCUT2D eigenvalue weighted by molar-refractivity contribution is 7.90. The van der Waals surface area contributed by atoms with Crippen molar-refractivity contribution in [1.29, 1.82) is 4.78 Å². The van der Waals surface area contributed by atoms with Gasteiger partial charge in [0.25, 0.3) is 0 Å². The third-order valence-electron chi connectivity index (χ3n) is 2.88. The van der Waals surface area contributed by atoms with Crippen LogP contribution in [0.1, 0.15) is 18.4 Å². The normalized spacial score (nSPS) is 20.8. The molecule has 88 valence electrons. The average Bonchev–Trinajstić information content (AvgIpc) is 2.70. The second-order valence-electron chi connectivity index (χ2n) is 4.23. The molecule has 1 aliphatic heterocycles. The van der Waals surface area contributed by atoms with Gasteiger partial charge in [-0.15, -0.1) is 0 Å². The molecule has 1 aliphatic rings. The van der Waals surface area contributed by atoms with Crippen molar-refractivity contribution in [2.24, 2.45) is 5.14 Å². The first-order valence-corrected chi connectivity index (χ1v) is 7.06. The van der Waals surface area contributed by atoms with E-state index in [1.54, 1.807) is 12.1 Å². The van der Waals surface area contributed by atoms with Crippen LogP contribution in [0.2, 0.25) is 0 Å². The Bertz CT molecular complexity index is 447. The zero-order valence-corrected chi connectivity index (χ0v) is 10.0. The van der Waals surface area contributed by atoms with Crippen molar-refractivity contribution in [2.45, 2.75) is 24.3 Å². The number of likely N-dealkylation sites (tertiary alicyclic amines) is 1. The Kier molecular flexibility index (Phi) is 3.28. The molecule has 1 aromatic carbocycles. The van der Waals surface area contributed by atoms with Gasteiger partial charge in [-0.25, -0.2) is 14.1 Å². The van der Waals surface area contributed by atoms with Crippen LogP contribution in [0.25, 0.3) is 0 Å². The predicted octanol–water partition coefficient (Wildman–Crippen LogP) is 1.56. The van der Waals surface area contributed by atoms with Crippen LogP contribution in [0.15, 0.2) is 29.2 Å². The molecule has 1 atom stereocenters. The number of hydrogen-bond donors (Lipinski definition) is 2. The summed E-state index contributed by atoms with van der Waals surface area (Å²) in [6.45, 7) is 3.26. The topological polar surface area (TPSA) is 70.2 Å². The van der Waals surface area contributed by atoms with E-state index in [4.69, 9.17) is 9.92 Å². The van der Waals surface area contributed by atoms with Crippen molar-refractivity contribution >= 4 is 9.92 Å². The lowest BCUT2D eigenvalue weighted by molar-refractivity contribution is 0.331. The monoisotopic (exact) mass is 239 g/mol. The summed E-state index contributed by atoms with van der Waals surface area (Å²) in [6, 6.07) is 7.21. The Labute approximate surface area is 96.6 Å². The van der Waals surface area contributed by atoms with Crippen LogP contribution in [-0.4, -0.2) is 22.2 Å². The molecule has 1 aromatic rings. The Morgan fingerprint density at radius 3 is 2.31 bits per heavy atom. The molecule has 0 aliphatic carbocycles. The largest absolute Gasteiger partial charge is 0.299 e. The summed E-state index contributed by atoms with van der Waals surface area (Å²) in [5.74, 6) is 0. The number of benzene rings is 1. The fourth-order valence-corrected chi connectivity index (χ4v) is 2.54. The average molecular weight is 239 g/mol. The highest BCUT2D eigenvalue weighted by atomic mass is 32.2. The lowest BCUT2D eigenvalue weighted by Gasteiger charge is -2.14. The van der Waals surface area contributed by atoms with E-state index in [1.165, 1.54) is 18.4 Å². The number of nitrogens with zero attached hydrogens (tertiary/aromatic N) is 1. The molecule has 0 radical (unpaired) electrons. The molecule has 2 rings (SSSR count). The van der Waals surface area contributed by atoms with Crippen LogP contribution in [0.4, 0.5) is 0 Å². The predicted molar refractivity (Wildman–Crippen MR) is 64.3 cm³/mol. The molecular formula is C11H17N3OS. The number of nitrogens with two attached hydrogens (primary N) is 1. The Balaban J connectivity index is 2.07. The van der Waals surface area contributed by atoms with Crippen LogP contribution >= 0.6 is 0 Å². The molecule has 0 aromatic heterocycles. The standard InChI is InChI=1S/C11H17N3OS/c12-16(13,15)11-5-3-10(4-6-11)9-14-7-1-2-8-14/h3-6H,1-2,7-9H2,(H3,12,13,15). The van der Waals surface area contributed by atoms with Gasteiger partial charge in [-0.1, -0.05) is 12.1 Å². The summed E-state index contributed by atoms with van der Waals surface area (Å²) in [7, 11) is -3.06. The molecule has 3 N–H and O–H groups in total. The SMILES string of the molecule is N=S(N)(=O)c1ccc(CN2CCCC2)cc1. The van der Waals surface area contributed by atoms with Crippen LogP contribution in [0.3, 0.4) is 0 Å². The summed E-state index contributed by atoms with van der Waals surface area (Å²) in [4.78, 5) is 2.80. The van der Waals surface area contributed by atoms with E-state index in [-0.39, 0.29) is 0 Å². The van der Waals surface area contributed by atoms with Gasteiger partial charge in [0, 0.05) is 6.54 Å². The molecule has 0 amide bonds. The van der Waals surface area contributed by atoms with E-state index in [0.29, 0.717) is 4.90 Å². The Hall–Kier alpha value is -0.910. The van der Waals surface area contributed by atoms with Crippen molar-refractivity contribution in [3.63, 3.8) is 0 Å². The summed E-state index contributed by atoms with van der Waals surface area (Å²) >= 11 is 0. The maximum atomic E-state index is 11.3. The first-order chi connectivity index (χ1) is 7.55. The van der Waals surface area contributed by atoms with E-state index in [9.17, 15) is 4.21 Å². The molecule has 4 nitrogen and oxygen atoms in total. The fraction of sp³-hybridized carbons (Fsp3) is 0.455. The molecule has 16 heavy (non-hydrogen) atoms. The molecule has 1 heterocycles. The second-order valence-corrected chi connectivity index (χ2v) is 5.90. The van der Waals surface area contributed by atoms with Crippen molar-refractivity contribution in [2.75, 3.05) is 13.1 Å². The molecule has 1 unspecified atom stereocenters. The lowest BCUT2D eigenvalue weighted by Crippen LogP contribution is -2.18. The number of nitrogens with one attached hydrogen (secondary N) is 1. The van der Waals surface area contributed by atoms with E-state index in [0.717, 1.165) is 19.6 Å². The van der Waals surface area contributed by atoms with Crippen LogP contribution in [0.5, 0.6) is 0 Å². The molecule has 5 heteroatoms. The number of hydrogen-bond acceptors (Lipinski definition) is 3. The van der Waals surface area contributed by atoms with Gasteiger partial charge in [0.15, 0.2) is 0 Å². The molecular weight excluding hydrogens is 222 g/mol. The Morgan fingerprint density at radius 2 is 1.81 bits per heavy atom. The molecule has 1 fully saturated rings. The van der Waals surface area contributed by atoms with E-state index in [2.05, 4.69) is 4.90 Å². The highest BCUT2D eigenvalue weighted by Gasteiger charge is 2.11. The summed E-state index contributed by atoms with van der Waals surface area (Å²) in [6.07, 6.45) is 2.56. The van der Waals surface area contributed by atoms with E-state index in [1.807, 2.05) is 12.1 Å². The maximum Gasteiger partial charge on any atom is 0.132 e. The first-order valence-electron chi connectivity index (χ1n) is 5.43. The zero-order chi connectivity index (χ0) is 11.6. The van der Waals surface area contributed by atoms with Gasteiger partial charge in [-0.3, -0.25) is 4.90 Å². The Morgan fingerprint density at radius 1 is 1.25 bits per heavy atom. The molecule has 0 saturated carbocycles. The van der Waals surface area contributed by atoms with Crippen molar-refractivity contribution < 1.29 is 4.21 Å². The zero-order valence-electron chi connectivity index (χ0n) is 9.19. The van der Waals surface area contributed by atoms with Gasteiger partial charge in [-0.05, 0) is 43.6 Å². The fourth-order valence-electron chi connectivity index (χ4n) is 2.00. The summed E-state index contributed by atoms with van der Waals surface area (Å²) < 4.78 is 18.5. The first kappa shape index (κ1) is 11.6. The number of rotatable bonds is 3. The minimum absolute atomic E-state index is 0.401. The van der Waals surface area contributed by atoms with Gasteiger partial charge < -0.3 is 0 Å². The van der Waals surface area contributed by atoms with Crippen molar-refractivity contribution in [3.8, 4) is 0 Å². The summed E-state index contributed by atoms with van der Waals surface area (Å²) in [5.41, 5.74) is 1.19. The van der Waals surface area contributed by atoms with Crippen LogP contribution in [-0.2, 0) is 16.5 Å². The molecule has 1 saturated heterocycles. The van der Waals surface area contributed by atoms with Crippen LogP contribution < -0.4 is 5.14 Å². The highest BCUT2D eigenvalue weighted by Crippen LogP contribution is 2.14. The van der Waals surface area contributed by atoms with Gasteiger partial charge in [-0.2, -0.15) is 0 Å².